The molecule has 1 rings (SSSR count). The lowest BCUT2D eigenvalue weighted by Crippen LogP contribution is -2.26. The topological polar surface area (TPSA) is 111 Å². The first-order chi connectivity index (χ1) is 8.60. The fourth-order valence-electron chi connectivity index (χ4n) is 1.59. The van der Waals surface area contributed by atoms with Crippen LogP contribution in [-0.4, -0.2) is 30.4 Å². The molecule has 2 amide bonds. The Balaban J connectivity index is 2.80. The molecule has 0 aliphatic heterocycles. The molecule has 100 valence electrons. The maximum absolute atomic E-state index is 11.8. The average molecular weight is 270 g/mol. The van der Waals surface area contributed by atoms with Crippen molar-refractivity contribution in [3.05, 3.63) is 16.1 Å². The third-order valence-corrected chi connectivity index (χ3v) is 3.54. The highest BCUT2D eigenvalue weighted by molar-refractivity contribution is 7.10. The molecular weight excluding hydrogens is 252 g/mol. The lowest BCUT2D eigenvalue weighted by atomic mass is 10.0. The predicted octanol–water partition coefficient (Wildman–Crippen LogP) is 0.201. The molecule has 0 fully saturated rings. The third kappa shape index (κ3) is 3.78. The van der Waals surface area contributed by atoms with Crippen LogP contribution in [0.4, 0.5) is 0 Å². The number of primary amides is 1. The number of carbonyl (C=O) groups excluding carboxylic acids is 2. The van der Waals surface area contributed by atoms with Gasteiger partial charge < -0.3 is 16.8 Å². The molecule has 0 aliphatic rings. The Bertz CT molecular complexity index is 419. The second-order valence-corrected chi connectivity index (χ2v) is 4.78. The van der Waals surface area contributed by atoms with E-state index in [0.29, 0.717) is 18.0 Å². The molecule has 1 aromatic rings. The maximum atomic E-state index is 11.8. The molecule has 0 radical (unpaired) electrons. The molecule has 1 aromatic heterocycles. The van der Waals surface area contributed by atoms with Gasteiger partial charge in [0.2, 0.25) is 5.91 Å². The molecule has 5 N–H and O–H groups in total. The zero-order valence-electron chi connectivity index (χ0n) is 10.3. The van der Waals surface area contributed by atoms with Gasteiger partial charge in [-0.3, -0.25) is 9.59 Å². The van der Waals surface area contributed by atoms with Crippen molar-refractivity contribution >= 4 is 23.2 Å². The molecule has 0 aromatic carbocycles. The van der Waals surface area contributed by atoms with Gasteiger partial charge in [0.15, 0.2) is 0 Å². The van der Waals surface area contributed by atoms with Crippen LogP contribution in [0.1, 0.15) is 40.7 Å². The number of amides is 2. The van der Waals surface area contributed by atoms with Crippen molar-refractivity contribution in [1.82, 2.24) is 10.3 Å². The fourth-order valence-corrected chi connectivity index (χ4v) is 2.54. The molecule has 0 bridgehead atoms. The van der Waals surface area contributed by atoms with Crippen molar-refractivity contribution in [3.8, 4) is 0 Å². The molecule has 0 unspecified atom stereocenters. The first-order valence-electron chi connectivity index (χ1n) is 5.77. The summed E-state index contributed by atoms with van der Waals surface area (Å²) in [6.07, 6.45) is 2.38. The fraction of sp³-hybridized carbons (Fsp3) is 0.545. The standard InChI is InChI=1S/C11H18N4O2S/c1-14-10(17)7(4-2-3-5-12)11-15-8(6-18-11)9(13)16/h6-7H,2-5,12H2,1H3,(H2,13,16)(H,14,17)/t7-/m0/s1. The molecule has 0 aliphatic carbocycles. The summed E-state index contributed by atoms with van der Waals surface area (Å²) in [5, 5.41) is 4.81. The van der Waals surface area contributed by atoms with E-state index in [1.807, 2.05) is 0 Å². The van der Waals surface area contributed by atoms with Crippen LogP contribution in [0, 0.1) is 0 Å². The molecule has 0 spiro atoms. The van der Waals surface area contributed by atoms with E-state index in [9.17, 15) is 9.59 Å². The molecule has 18 heavy (non-hydrogen) atoms. The Morgan fingerprint density at radius 2 is 2.22 bits per heavy atom. The number of thiazole rings is 1. The highest BCUT2D eigenvalue weighted by Gasteiger charge is 2.23. The van der Waals surface area contributed by atoms with Crippen molar-refractivity contribution in [1.29, 1.82) is 0 Å². The normalized spacial score (nSPS) is 12.1. The highest BCUT2D eigenvalue weighted by Crippen LogP contribution is 2.25. The Morgan fingerprint density at radius 3 is 2.72 bits per heavy atom. The van der Waals surface area contributed by atoms with Gasteiger partial charge in [0.25, 0.3) is 5.91 Å². The van der Waals surface area contributed by atoms with Crippen LogP contribution in [-0.2, 0) is 4.79 Å². The van der Waals surface area contributed by atoms with Crippen LogP contribution in [0.5, 0.6) is 0 Å². The van der Waals surface area contributed by atoms with E-state index in [0.717, 1.165) is 12.8 Å². The van der Waals surface area contributed by atoms with Crippen LogP contribution in [0.3, 0.4) is 0 Å². The predicted molar refractivity (Wildman–Crippen MR) is 70.3 cm³/mol. The van der Waals surface area contributed by atoms with Crippen LogP contribution in [0.25, 0.3) is 0 Å². The molecule has 1 atom stereocenters. The SMILES string of the molecule is CNC(=O)[C@H](CCCCN)c1nc(C(N)=O)cs1. The lowest BCUT2D eigenvalue weighted by Gasteiger charge is -2.12. The third-order valence-electron chi connectivity index (χ3n) is 2.58. The summed E-state index contributed by atoms with van der Waals surface area (Å²) in [6, 6.07) is 0. The summed E-state index contributed by atoms with van der Waals surface area (Å²) in [6.45, 7) is 0.602. The van der Waals surface area contributed by atoms with E-state index in [4.69, 9.17) is 11.5 Å². The zero-order chi connectivity index (χ0) is 13.5. The van der Waals surface area contributed by atoms with Crippen molar-refractivity contribution in [3.63, 3.8) is 0 Å². The first-order valence-corrected chi connectivity index (χ1v) is 6.65. The molecule has 0 saturated carbocycles. The Morgan fingerprint density at radius 1 is 1.50 bits per heavy atom. The van der Waals surface area contributed by atoms with Crippen LogP contribution < -0.4 is 16.8 Å². The molecule has 0 saturated heterocycles. The number of unbranched alkanes of at least 4 members (excludes halogenated alkanes) is 1. The number of likely N-dealkylation sites (N-methyl/N-ethyl adjacent to an activating group) is 1. The van der Waals surface area contributed by atoms with Gasteiger partial charge in [0.05, 0.1) is 5.92 Å². The molecule has 6 nitrogen and oxygen atoms in total. The van der Waals surface area contributed by atoms with Gasteiger partial charge in [0, 0.05) is 12.4 Å². The van der Waals surface area contributed by atoms with E-state index in [1.54, 1.807) is 12.4 Å². The molecule has 7 heteroatoms. The summed E-state index contributed by atoms with van der Waals surface area (Å²) in [5.74, 6) is -1.01. The van der Waals surface area contributed by atoms with Gasteiger partial charge in [0.1, 0.15) is 10.7 Å². The summed E-state index contributed by atoms with van der Waals surface area (Å²) in [7, 11) is 1.58. The number of carbonyl (C=O) groups is 2. The zero-order valence-corrected chi connectivity index (χ0v) is 11.1. The lowest BCUT2D eigenvalue weighted by molar-refractivity contribution is -0.122. The van der Waals surface area contributed by atoms with Gasteiger partial charge in [-0.2, -0.15) is 0 Å². The average Bonchev–Trinajstić information content (AvgIpc) is 2.83. The minimum atomic E-state index is -0.574. The van der Waals surface area contributed by atoms with Crippen molar-refractivity contribution < 1.29 is 9.59 Å². The second kappa shape index (κ2) is 7.07. The van der Waals surface area contributed by atoms with Gasteiger partial charge in [-0.05, 0) is 19.4 Å². The van der Waals surface area contributed by atoms with Crippen molar-refractivity contribution in [2.24, 2.45) is 11.5 Å². The number of rotatable bonds is 7. The largest absolute Gasteiger partial charge is 0.364 e. The van der Waals surface area contributed by atoms with Gasteiger partial charge in [-0.25, -0.2) is 4.98 Å². The number of nitrogens with zero attached hydrogens (tertiary/aromatic N) is 1. The monoisotopic (exact) mass is 270 g/mol. The number of aromatic nitrogens is 1. The summed E-state index contributed by atoms with van der Waals surface area (Å²) in [4.78, 5) is 26.9. The van der Waals surface area contributed by atoms with Crippen LogP contribution in [0.2, 0.25) is 0 Å². The van der Waals surface area contributed by atoms with Crippen molar-refractivity contribution in [2.45, 2.75) is 25.2 Å². The molecule has 1 heterocycles. The van der Waals surface area contributed by atoms with E-state index < -0.39 is 5.91 Å². The summed E-state index contributed by atoms with van der Waals surface area (Å²) >= 11 is 1.28. The Labute approximate surface area is 110 Å². The van der Waals surface area contributed by atoms with Gasteiger partial charge >= 0.3 is 0 Å². The Kier molecular flexibility index (Phi) is 5.73. The van der Waals surface area contributed by atoms with E-state index >= 15 is 0 Å². The quantitative estimate of drug-likeness (QED) is 0.614. The summed E-state index contributed by atoms with van der Waals surface area (Å²) < 4.78 is 0. The van der Waals surface area contributed by atoms with Crippen molar-refractivity contribution in [2.75, 3.05) is 13.6 Å². The maximum Gasteiger partial charge on any atom is 0.268 e. The molecular formula is C11H18N4O2S. The van der Waals surface area contributed by atoms with E-state index in [-0.39, 0.29) is 17.5 Å². The number of hydrogen-bond donors (Lipinski definition) is 3. The first kappa shape index (κ1) is 14.6. The number of nitrogens with one attached hydrogen (secondary N) is 1. The van der Waals surface area contributed by atoms with Crippen LogP contribution in [0.15, 0.2) is 5.38 Å². The summed E-state index contributed by atoms with van der Waals surface area (Å²) in [5.41, 5.74) is 10.8. The number of nitrogens with two attached hydrogens (primary N) is 2. The Hall–Kier alpha value is -1.47. The number of hydrogen-bond acceptors (Lipinski definition) is 5. The minimum Gasteiger partial charge on any atom is -0.364 e. The van der Waals surface area contributed by atoms with Gasteiger partial charge in [-0.15, -0.1) is 11.3 Å². The smallest absolute Gasteiger partial charge is 0.268 e. The van der Waals surface area contributed by atoms with E-state index in [1.165, 1.54) is 11.3 Å². The highest BCUT2D eigenvalue weighted by atomic mass is 32.1. The minimum absolute atomic E-state index is 0.0996. The van der Waals surface area contributed by atoms with Gasteiger partial charge in [-0.1, -0.05) is 6.42 Å². The van der Waals surface area contributed by atoms with E-state index in [2.05, 4.69) is 10.3 Å². The van der Waals surface area contributed by atoms with Crippen LogP contribution >= 0.6 is 11.3 Å². The second-order valence-electron chi connectivity index (χ2n) is 3.89.